The molecule has 0 aliphatic heterocycles. The van der Waals surface area contributed by atoms with E-state index in [0.717, 1.165) is 0 Å². The normalized spacial score (nSPS) is 16.4. The van der Waals surface area contributed by atoms with Crippen molar-refractivity contribution in [1.82, 2.24) is 0 Å². The fourth-order valence-electron chi connectivity index (χ4n) is 3.06. The molecule has 0 saturated carbocycles. The maximum absolute atomic E-state index is 2.33. The van der Waals surface area contributed by atoms with E-state index in [1.54, 1.807) is 0 Å². The molecule has 0 heteroatoms. The first kappa shape index (κ1) is 13.4. The molecule has 0 aromatic heterocycles. The van der Waals surface area contributed by atoms with E-state index < -0.39 is 0 Å². The van der Waals surface area contributed by atoms with Crippen molar-refractivity contribution in [3.8, 4) is 0 Å². The fourth-order valence-corrected chi connectivity index (χ4v) is 3.06. The van der Waals surface area contributed by atoms with Gasteiger partial charge in [-0.1, -0.05) is 48.5 Å². The first-order valence-electron chi connectivity index (χ1n) is 8.06. The van der Waals surface area contributed by atoms with Crippen LogP contribution in [-0.2, 0) is 25.7 Å². The summed E-state index contributed by atoms with van der Waals surface area (Å²) in [5.41, 5.74) is 5.99. The van der Waals surface area contributed by atoms with Gasteiger partial charge in [0.25, 0.3) is 0 Å². The lowest BCUT2D eigenvalue weighted by molar-refractivity contribution is 0.722. The molecule has 6 rings (SSSR count). The zero-order valence-electron chi connectivity index (χ0n) is 12.3. The zero-order valence-corrected chi connectivity index (χ0v) is 12.3. The van der Waals surface area contributed by atoms with Gasteiger partial charge < -0.3 is 0 Å². The topological polar surface area (TPSA) is 0 Å². The molecule has 0 amide bonds. The second-order valence-electron chi connectivity index (χ2n) is 6.05. The minimum atomic E-state index is 1.22. The molecule has 0 heterocycles. The minimum Gasteiger partial charge on any atom is -0.0588 e. The predicted molar refractivity (Wildman–Crippen MR) is 86.2 cm³/mol. The van der Waals surface area contributed by atoms with Gasteiger partial charge in [-0.3, -0.25) is 0 Å². The van der Waals surface area contributed by atoms with E-state index in [9.17, 15) is 0 Å². The molecule has 0 saturated heterocycles. The minimum absolute atomic E-state index is 1.22. The summed E-state index contributed by atoms with van der Waals surface area (Å²) in [4.78, 5) is 0. The summed E-state index contributed by atoms with van der Waals surface area (Å²) in [6.07, 6.45) is 10.1. The Labute approximate surface area is 122 Å². The van der Waals surface area contributed by atoms with Gasteiger partial charge in [0, 0.05) is 0 Å². The Morgan fingerprint density at radius 3 is 0.750 bits per heavy atom. The van der Waals surface area contributed by atoms with Gasteiger partial charge in [0.05, 0.1) is 0 Å². The molecule has 0 fully saturated rings. The zero-order chi connectivity index (χ0) is 13.6. The molecule has 0 N–H and O–H groups in total. The van der Waals surface area contributed by atoms with Crippen molar-refractivity contribution < 1.29 is 0 Å². The molecule has 0 spiro atoms. The lowest BCUT2D eigenvalue weighted by Crippen LogP contribution is -1.94. The Hall–Kier alpha value is -1.56. The van der Waals surface area contributed by atoms with E-state index in [1.807, 2.05) is 0 Å². The van der Waals surface area contributed by atoms with Crippen molar-refractivity contribution in [1.29, 1.82) is 0 Å². The highest BCUT2D eigenvalue weighted by atomic mass is 14.1. The third kappa shape index (κ3) is 3.72. The van der Waals surface area contributed by atoms with Crippen molar-refractivity contribution in [3.63, 3.8) is 0 Å². The summed E-state index contributed by atoms with van der Waals surface area (Å²) >= 11 is 0. The number of benzene rings is 2. The molecule has 0 radical (unpaired) electrons. The van der Waals surface area contributed by atoms with Crippen LogP contribution in [0.15, 0.2) is 48.5 Å². The average molecular weight is 264 g/mol. The second-order valence-corrected chi connectivity index (χ2v) is 6.05. The highest BCUT2D eigenvalue weighted by Crippen LogP contribution is 2.15. The van der Waals surface area contributed by atoms with Crippen LogP contribution in [0.4, 0.5) is 0 Å². The van der Waals surface area contributed by atoms with Crippen LogP contribution >= 0.6 is 0 Å². The van der Waals surface area contributed by atoms with Crippen LogP contribution in [0.3, 0.4) is 0 Å². The van der Waals surface area contributed by atoms with Crippen molar-refractivity contribution in [2.45, 2.75) is 51.4 Å². The summed E-state index contributed by atoms with van der Waals surface area (Å²) in [5, 5.41) is 0. The Bertz CT molecular complexity index is 417. The van der Waals surface area contributed by atoms with Gasteiger partial charge >= 0.3 is 0 Å². The van der Waals surface area contributed by atoms with Crippen LogP contribution in [0.25, 0.3) is 0 Å². The number of hydrogen-bond donors (Lipinski definition) is 0. The highest BCUT2D eigenvalue weighted by molar-refractivity contribution is 5.24. The van der Waals surface area contributed by atoms with Gasteiger partial charge in [-0.25, -0.2) is 0 Å². The first-order valence-corrected chi connectivity index (χ1v) is 8.06. The van der Waals surface area contributed by atoms with Gasteiger partial charge in [0.15, 0.2) is 0 Å². The second kappa shape index (κ2) is 6.74. The van der Waals surface area contributed by atoms with E-state index >= 15 is 0 Å². The van der Waals surface area contributed by atoms with Gasteiger partial charge in [-0.2, -0.15) is 0 Å². The molecule has 0 nitrogen and oxygen atoms in total. The molecule has 20 heavy (non-hydrogen) atoms. The SMILES string of the molecule is c1cc2ccc1CCCCc1ccc(cc1)CCCC2. The summed E-state index contributed by atoms with van der Waals surface area (Å²) in [5.74, 6) is 0. The fraction of sp³-hybridized carbons (Fsp3) is 0.400. The number of rotatable bonds is 0. The van der Waals surface area contributed by atoms with E-state index in [4.69, 9.17) is 0 Å². The van der Waals surface area contributed by atoms with Crippen LogP contribution in [0, 0.1) is 0 Å². The van der Waals surface area contributed by atoms with E-state index in [1.165, 1.54) is 73.6 Å². The van der Waals surface area contributed by atoms with Gasteiger partial charge in [0.1, 0.15) is 0 Å². The Kier molecular flexibility index (Phi) is 4.53. The lowest BCUT2D eigenvalue weighted by atomic mass is 9.98. The van der Waals surface area contributed by atoms with E-state index in [-0.39, 0.29) is 0 Å². The Morgan fingerprint density at radius 1 is 0.350 bits per heavy atom. The molecule has 104 valence electrons. The van der Waals surface area contributed by atoms with E-state index in [2.05, 4.69) is 48.5 Å². The van der Waals surface area contributed by atoms with Crippen molar-refractivity contribution in [3.05, 3.63) is 70.8 Å². The quantitative estimate of drug-likeness (QED) is 0.618. The molecule has 0 unspecified atom stereocenters. The smallest absolute Gasteiger partial charge is 0.0279 e. The van der Waals surface area contributed by atoms with Crippen molar-refractivity contribution in [2.24, 2.45) is 0 Å². The molecule has 2 aromatic rings. The number of aryl methyl sites for hydroxylation is 4. The molecule has 0 atom stereocenters. The largest absolute Gasteiger partial charge is 0.0588 e. The molecule has 4 aliphatic carbocycles. The number of hydrogen-bond acceptors (Lipinski definition) is 0. The lowest BCUT2D eigenvalue weighted by Gasteiger charge is -2.08. The maximum Gasteiger partial charge on any atom is -0.0279 e. The summed E-state index contributed by atoms with van der Waals surface area (Å²) in [6.45, 7) is 0. The van der Waals surface area contributed by atoms with Crippen molar-refractivity contribution >= 4 is 0 Å². The maximum atomic E-state index is 2.33. The van der Waals surface area contributed by atoms with Gasteiger partial charge in [0.2, 0.25) is 0 Å². The third-order valence-corrected chi connectivity index (χ3v) is 4.41. The Morgan fingerprint density at radius 2 is 0.550 bits per heavy atom. The van der Waals surface area contributed by atoms with Crippen LogP contribution in [0.1, 0.15) is 47.9 Å². The summed E-state index contributed by atoms with van der Waals surface area (Å²) in [7, 11) is 0. The molecule has 2 aromatic carbocycles. The average Bonchev–Trinajstić information content (AvgIpc) is 2.49. The first-order chi connectivity index (χ1) is 9.90. The van der Waals surface area contributed by atoms with Gasteiger partial charge in [-0.05, 0) is 73.6 Å². The predicted octanol–water partition coefficient (Wildman–Crippen LogP) is 5.13. The monoisotopic (exact) mass is 264 g/mol. The van der Waals surface area contributed by atoms with Crippen molar-refractivity contribution in [2.75, 3.05) is 0 Å². The molecular formula is C20H24. The van der Waals surface area contributed by atoms with Crippen LogP contribution < -0.4 is 0 Å². The molecule has 4 bridgehead atoms. The highest BCUT2D eigenvalue weighted by Gasteiger charge is 2.00. The molecular weight excluding hydrogens is 240 g/mol. The third-order valence-electron chi connectivity index (χ3n) is 4.41. The standard InChI is InChI=1S/C20H24/c1-2-6-18-13-15-20(16-14-18)8-4-3-7-19-11-9-17(5-1)10-12-19/h9-16H,1-8H2. The van der Waals surface area contributed by atoms with Gasteiger partial charge in [-0.15, -0.1) is 0 Å². The Balaban J connectivity index is 1.71. The van der Waals surface area contributed by atoms with Crippen LogP contribution in [0.5, 0.6) is 0 Å². The summed E-state index contributed by atoms with van der Waals surface area (Å²) < 4.78 is 0. The van der Waals surface area contributed by atoms with Crippen LogP contribution in [-0.4, -0.2) is 0 Å². The summed E-state index contributed by atoms with van der Waals surface area (Å²) in [6, 6.07) is 18.6. The van der Waals surface area contributed by atoms with Crippen LogP contribution in [0.2, 0.25) is 0 Å². The van der Waals surface area contributed by atoms with E-state index in [0.29, 0.717) is 0 Å². The molecule has 4 aliphatic rings.